The fourth-order valence-electron chi connectivity index (χ4n) is 10.5. The number of ether oxygens (including phenoxy) is 4. The lowest BCUT2D eigenvalue weighted by Crippen LogP contribution is -2.75. The number of para-hydroxylation sites is 1. The molecule has 1 saturated heterocycles. The molecule has 6 aliphatic rings. The van der Waals surface area contributed by atoms with Crippen LogP contribution in [0.2, 0.25) is 5.02 Å². The molecule has 6 atom stereocenters. The maximum absolute atomic E-state index is 16.0. The zero-order valence-electron chi connectivity index (χ0n) is 34.4. The quantitative estimate of drug-likeness (QED) is 0.0877. The average molecular weight is 862 g/mol. The number of carbonyl (C=O) groups is 5. The smallest absolute Gasteiger partial charge is 0.355 e. The van der Waals surface area contributed by atoms with Crippen molar-refractivity contribution in [2.75, 3.05) is 31.1 Å². The molecule has 2 amide bonds. The van der Waals surface area contributed by atoms with Gasteiger partial charge in [0.05, 0.1) is 52.1 Å². The molecule has 1 fully saturated rings. The van der Waals surface area contributed by atoms with Crippen molar-refractivity contribution >= 4 is 52.5 Å². The first kappa shape index (κ1) is 40.1. The van der Waals surface area contributed by atoms with Crippen molar-refractivity contribution in [1.82, 2.24) is 4.90 Å². The first-order chi connectivity index (χ1) is 30.6. The van der Waals surface area contributed by atoms with Crippen LogP contribution in [0.15, 0.2) is 151 Å². The summed E-state index contributed by atoms with van der Waals surface area (Å²) in [6, 6.07) is 36.4. The summed E-state index contributed by atoms with van der Waals surface area (Å²) in [6.07, 6.45) is 2.31. The summed E-state index contributed by atoms with van der Waals surface area (Å²) < 4.78 is 23.6. The van der Waals surface area contributed by atoms with E-state index in [1.54, 1.807) is 82.6 Å². The Morgan fingerprint density at radius 1 is 0.683 bits per heavy atom. The topological polar surface area (TPSA) is 132 Å². The molecule has 2 spiro atoms. The number of ketones is 1. The molecule has 5 heterocycles. The molecule has 1 aliphatic carbocycles. The van der Waals surface area contributed by atoms with Crippen LogP contribution in [0.1, 0.15) is 32.6 Å². The Kier molecular flexibility index (Phi) is 9.61. The van der Waals surface area contributed by atoms with E-state index in [1.807, 2.05) is 66.7 Å². The van der Waals surface area contributed by atoms with E-state index in [9.17, 15) is 9.59 Å². The van der Waals surface area contributed by atoms with Crippen LogP contribution < -0.4 is 14.5 Å². The summed E-state index contributed by atoms with van der Waals surface area (Å²) in [5, 5.41) is 0.319. The van der Waals surface area contributed by atoms with Gasteiger partial charge in [-0.1, -0.05) is 103 Å². The fourth-order valence-corrected chi connectivity index (χ4v) is 10.7. The molecular formula is C50H40ClN3O9. The normalized spacial score (nSPS) is 25.0. The van der Waals surface area contributed by atoms with E-state index >= 15 is 14.4 Å². The number of methoxy groups -OCH3 is 3. The fraction of sp³-hybridized carbons (Fsp3) is 0.220. The Bertz CT molecular complexity index is 2790. The highest BCUT2D eigenvalue weighted by atomic mass is 35.5. The van der Waals surface area contributed by atoms with E-state index in [1.165, 1.54) is 19.1 Å². The lowest BCUT2D eigenvalue weighted by molar-refractivity contribution is -0.216. The van der Waals surface area contributed by atoms with Crippen LogP contribution in [-0.2, 0) is 57.5 Å². The molecule has 0 aromatic heterocycles. The highest BCUT2D eigenvalue weighted by molar-refractivity contribution is 6.31. The van der Waals surface area contributed by atoms with Gasteiger partial charge in [-0.15, -0.1) is 0 Å². The number of anilines is 2. The second-order valence-corrected chi connectivity index (χ2v) is 16.5. The molecule has 5 aliphatic heterocycles. The number of carbonyl (C=O) groups excluding carboxylic acids is 5. The number of benzene rings is 5. The van der Waals surface area contributed by atoms with E-state index in [2.05, 4.69) is 0 Å². The SMILES string of the molecule is COC(=O)C1=C(C(=O)OC)[C@@]2(O[C@H]3[C@@H]4C=C[C@H](N13)[C@]1(C(=O)N(Cc3ccccc3)c3ccc(Cl)cc31)[C@H]4C(=O)c1ccc(OC)cc1)C(=O)N(Cc1ccccc1)c1ccccc12. The van der Waals surface area contributed by atoms with Gasteiger partial charge in [-0.3, -0.25) is 14.4 Å². The van der Waals surface area contributed by atoms with Gasteiger partial charge in [0.1, 0.15) is 28.7 Å². The largest absolute Gasteiger partial charge is 0.497 e. The molecule has 11 rings (SSSR count). The summed E-state index contributed by atoms with van der Waals surface area (Å²) >= 11 is 6.83. The molecule has 12 nitrogen and oxygen atoms in total. The molecular weight excluding hydrogens is 822 g/mol. The molecule has 5 aromatic rings. The number of piperidine rings is 1. The van der Waals surface area contributed by atoms with Crippen LogP contribution in [0.4, 0.5) is 11.4 Å². The Morgan fingerprint density at radius 2 is 1.29 bits per heavy atom. The third kappa shape index (κ3) is 5.67. The zero-order valence-corrected chi connectivity index (χ0v) is 35.2. The molecule has 2 bridgehead atoms. The van der Waals surface area contributed by atoms with Crippen LogP contribution in [0.3, 0.4) is 0 Å². The van der Waals surface area contributed by atoms with Crippen molar-refractivity contribution in [3.05, 3.63) is 184 Å². The van der Waals surface area contributed by atoms with Crippen molar-refractivity contribution in [2.24, 2.45) is 11.8 Å². The van der Waals surface area contributed by atoms with Gasteiger partial charge in [0.2, 0.25) is 11.5 Å². The molecule has 0 saturated carbocycles. The number of esters is 2. The van der Waals surface area contributed by atoms with Crippen LogP contribution in [0, 0.1) is 11.8 Å². The number of hydrogen-bond donors (Lipinski definition) is 0. The van der Waals surface area contributed by atoms with Gasteiger partial charge in [-0.25, -0.2) is 9.59 Å². The maximum Gasteiger partial charge on any atom is 0.355 e. The molecule has 0 unspecified atom stereocenters. The van der Waals surface area contributed by atoms with Crippen molar-refractivity contribution in [2.45, 2.75) is 36.4 Å². The van der Waals surface area contributed by atoms with E-state index in [-0.39, 0.29) is 24.6 Å². The molecule has 5 aromatic carbocycles. The van der Waals surface area contributed by atoms with Crippen LogP contribution in [0.25, 0.3) is 0 Å². The Balaban J connectivity index is 1.25. The van der Waals surface area contributed by atoms with E-state index < -0.39 is 64.4 Å². The minimum absolute atomic E-state index is 0.106. The summed E-state index contributed by atoms with van der Waals surface area (Å²) in [6.45, 7) is 0.258. The van der Waals surface area contributed by atoms with E-state index in [0.29, 0.717) is 38.8 Å². The number of rotatable bonds is 9. The van der Waals surface area contributed by atoms with Gasteiger partial charge in [0, 0.05) is 27.8 Å². The minimum Gasteiger partial charge on any atom is -0.497 e. The third-order valence-corrected chi connectivity index (χ3v) is 13.3. The Hall–Kier alpha value is -7.02. The van der Waals surface area contributed by atoms with Gasteiger partial charge in [0.15, 0.2) is 5.78 Å². The molecule has 63 heavy (non-hydrogen) atoms. The second kappa shape index (κ2) is 15.1. The maximum atomic E-state index is 16.0. The number of Topliss-reactive ketones (excluding diaryl/α,β-unsaturated/α-hetero) is 1. The standard InChI is InChI=1S/C50H40ClN3O9/c1-60-33-21-18-31(19-22-33)43(55)40-34-23-25-39(49(40)36-26-32(51)20-24-38(36)52(47(49)58)27-29-12-6-4-7-13-29)54-42(46(57)62-3)41(45(56)61-2)50(63-44(34)54)35-16-10-11-17-37(35)53(48(50)59)28-30-14-8-5-9-15-30/h4-26,34,39-40,44H,27-28H2,1-3H3/t34-,39+,40-,44+,49+,50-/m1/s1. The molecule has 0 radical (unpaired) electrons. The highest BCUT2D eigenvalue weighted by Gasteiger charge is 2.74. The minimum atomic E-state index is -2.25. The first-order valence-electron chi connectivity index (χ1n) is 20.5. The molecule has 0 N–H and O–H groups in total. The van der Waals surface area contributed by atoms with Gasteiger partial charge in [-0.05, 0) is 65.2 Å². The van der Waals surface area contributed by atoms with Crippen molar-refractivity contribution < 1.29 is 42.9 Å². The number of fused-ring (bicyclic) bond motifs is 3. The van der Waals surface area contributed by atoms with E-state index in [0.717, 1.165) is 18.2 Å². The summed E-state index contributed by atoms with van der Waals surface area (Å²) in [4.78, 5) is 81.2. The molecule has 316 valence electrons. The summed E-state index contributed by atoms with van der Waals surface area (Å²) in [5.74, 6) is -5.13. The van der Waals surface area contributed by atoms with E-state index in [4.69, 9.17) is 30.5 Å². The van der Waals surface area contributed by atoms with Crippen molar-refractivity contribution in [1.29, 1.82) is 0 Å². The van der Waals surface area contributed by atoms with Gasteiger partial charge in [0.25, 0.3) is 5.91 Å². The van der Waals surface area contributed by atoms with Gasteiger partial charge >= 0.3 is 11.9 Å². The van der Waals surface area contributed by atoms with Crippen LogP contribution in [0.5, 0.6) is 5.75 Å². The third-order valence-electron chi connectivity index (χ3n) is 13.1. The van der Waals surface area contributed by atoms with Crippen molar-refractivity contribution in [3.63, 3.8) is 0 Å². The lowest BCUT2D eigenvalue weighted by atomic mass is 9.53. The Labute approximate surface area is 367 Å². The van der Waals surface area contributed by atoms with Gasteiger partial charge in [-0.2, -0.15) is 0 Å². The average Bonchev–Trinajstić information content (AvgIpc) is 3.68. The zero-order chi connectivity index (χ0) is 43.8. The Morgan fingerprint density at radius 3 is 1.92 bits per heavy atom. The number of hydrogen-bond acceptors (Lipinski definition) is 10. The highest BCUT2D eigenvalue weighted by Crippen LogP contribution is 2.64. The molecule has 13 heteroatoms. The monoisotopic (exact) mass is 861 g/mol. The second-order valence-electron chi connectivity index (χ2n) is 16.1. The van der Waals surface area contributed by atoms with Gasteiger partial charge < -0.3 is 33.6 Å². The predicted molar refractivity (Wildman–Crippen MR) is 232 cm³/mol. The summed E-state index contributed by atoms with van der Waals surface area (Å²) in [7, 11) is 3.86. The first-order valence-corrected chi connectivity index (χ1v) is 20.8. The lowest BCUT2D eigenvalue weighted by Gasteiger charge is -2.62. The summed E-state index contributed by atoms with van der Waals surface area (Å²) in [5.41, 5.74) is -1.08. The number of nitrogens with zero attached hydrogens (tertiary/aromatic N) is 3. The van der Waals surface area contributed by atoms with Crippen LogP contribution >= 0.6 is 11.6 Å². The van der Waals surface area contributed by atoms with Crippen LogP contribution in [-0.4, -0.2) is 68.0 Å². The van der Waals surface area contributed by atoms with Crippen molar-refractivity contribution in [3.8, 4) is 5.75 Å². The predicted octanol–water partition coefficient (Wildman–Crippen LogP) is 6.90. The number of amides is 2. The number of halogens is 1.